The van der Waals surface area contributed by atoms with Crippen molar-refractivity contribution in [2.45, 2.75) is 0 Å². The Bertz CT molecular complexity index is 34.7. The van der Waals surface area contributed by atoms with Crippen LogP contribution in [0.4, 0.5) is 0 Å². The summed E-state index contributed by atoms with van der Waals surface area (Å²) in [4.78, 5) is 14.3. The van der Waals surface area contributed by atoms with Crippen molar-refractivity contribution in [3.05, 3.63) is 0 Å². The van der Waals surface area contributed by atoms with E-state index < -0.39 is 9.17 Å². The van der Waals surface area contributed by atoms with Crippen molar-refractivity contribution in [3.8, 4) is 0 Å². The molecule has 4 N–H and O–H groups in total. The van der Waals surface area contributed by atoms with Crippen molar-refractivity contribution in [1.29, 1.82) is 0 Å². The molecule has 7 heteroatoms. The molecule has 0 rings (SSSR count). The van der Waals surface area contributed by atoms with Gasteiger partial charge in [-0.15, -0.1) is 0 Å². The summed E-state index contributed by atoms with van der Waals surface area (Å²) in [6, 6.07) is 0. The topological polar surface area (TPSA) is 89.0 Å². The molecule has 0 aliphatic heterocycles. The van der Waals surface area contributed by atoms with E-state index in [2.05, 4.69) is 0 Å². The molecule has 0 atom stereocenters. The molecule has 7 heavy (non-hydrogen) atoms. The molecule has 0 bridgehead atoms. The van der Waals surface area contributed by atoms with Gasteiger partial charge in [0.25, 0.3) is 0 Å². The Morgan fingerprint density at radius 3 is 1.29 bits per heavy atom. The van der Waals surface area contributed by atoms with Gasteiger partial charge in [-0.25, -0.2) is 0 Å². The van der Waals surface area contributed by atoms with Gasteiger partial charge in [0.05, 0.1) is 0 Å². The van der Waals surface area contributed by atoms with Gasteiger partial charge in [0.1, 0.15) is 0 Å². The molecule has 0 saturated carbocycles. The molecule has 0 saturated heterocycles. The molecule has 0 aliphatic rings. The van der Waals surface area contributed by atoms with Crippen molar-refractivity contribution in [2.24, 2.45) is 0 Å². The quantitative estimate of drug-likeness (QED) is 0.341. The molecule has 0 fully saturated rings. The Hall–Kier alpha value is 1.34. The van der Waals surface area contributed by atoms with Crippen molar-refractivity contribution < 1.29 is 19.5 Å². The fourth-order valence-corrected chi connectivity index (χ4v) is 0. The second kappa shape index (κ2) is 15.7. The zero-order chi connectivity index (χ0) is 3.58. The van der Waals surface area contributed by atoms with Gasteiger partial charge < -0.3 is 15.1 Å². The molecule has 0 heterocycles. The third-order valence-electron chi connectivity index (χ3n) is 0. The molecule has 0 amide bonds. The van der Waals surface area contributed by atoms with Gasteiger partial charge in [-0.3, -0.25) is 4.46 Å². The van der Waals surface area contributed by atoms with E-state index in [1.165, 1.54) is 0 Å². The maximum absolute atomic E-state index is 8.74. The molecule has 4 nitrogen and oxygen atoms in total. The number of hydrogen-bond donors (Lipinski definition) is 2. The maximum atomic E-state index is 8.74. The Morgan fingerprint density at radius 2 is 1.29 bits per heavy atom. The van der Waals surface area contributed by atoms with Crippen LogP contribution in [0.3, 0.4) is 0 Å². The van der Waals surface area contributed by atoms with E-state index in [1.807, 2.05) is 0 Å². The standard InChI is InChI=1S/Mg.Na.H2O3Si.H2O.3H/c;;1-4(2)3;;;;/h;;1-2H;1H2;;;. The third kappa shape index (κ3) is 116. The fraction of sp³-hybridized carbons (Fsp3) is 0. The Morgan fingerprint density at radius 1 is 1.29 bits per heavy atom. The van der Waals surface area contributed by atoms with Gasteiger partial charge in [0, 0.05) is 0 Å². The molecule has 0 aromatic heterocycles. The number of rotatable bonds is 0. The summed E-state index contributed by atoms with van der Waals surface area (Å²) in [6.45, 7) is 0. The molecule has 0 radical (unpaired) electrons. The molecular weight excluding hydrogens is 139 g/mol. The van der Waals surface area contributed by atoms with Crippen LogP contribution in [0.15, 0.2) is 0 Å². The summed E-state index contributed by atoms with van der Waals surface area (Å²) in [5.74, 6) is 0. The van der Waals surface area contributed by atoms with Gasteiger partial charge in [0.15, 0.2) is 0 Å². The average molecular weight is 146 g/mol. The summed E-state index contributed by atoms with van der Waals surface area (Å²) < 4.78 is 8.74. The van der Waals surface area contributed by atoms with Gasteiger partial charge in [-0.2, -0.15) is 0 Å². The molecule has 0 spiro atoms. The minimum absolute atomic E-state index is 0. The van der Waals surface area contributed by atoms with E-state index in [4.69, 9.17) is 14.1 Å². The summed E-state index contributed by atoms with van der Waals surface area (Å²) in [7, 11) is -3.13. The first-order valence-electron chi connectivity index (χ1n) is 0.651. The fourth-order valence-electron chi connectivity index (χ4n) is 0. The normalized spacial score (nSPS) is 3.43. The summed E-state index contributed by atoms with van der Waals surface area (Å²) in [5.41, 5.74) is 0. The zero-order valence-electron chi connectivity index (χ0n) is 2.30. The second-order valence-corrected chi connectivity index (χ2v) is 0.848. The van der Waals surface area contributed by atoms with Crippen LogP contribution in [0.2, 0.25) is 0 Å². The molecule has 0 unspecified atom stereocenters. The van der Waals surface area contributed by atoms with Crippen molar-refractivity contribution >= 4 is 61.8 Å². The van der Waals surface area contributed by atoms with Gasteiger partial charge in [0.2, 0.25) is 0 Å². The van der Waals surface area contributed by atoms with E-state index in [9.17, 15) is 0 Å². The van der Waals surface area contributed by atoms with Crippen LogP contribution < -0.4 is 0 Å². The van der Waals surface area contributed by atoms with Crippen molar-refractivity contribution in [2.75, 3.05) is 0 Å². The predicted molar refractivity (Wildman–Crippen MR) is 30.2 cm³/mol. The van der Waals surface area contributed by atoms with Crippen LogP contribution in [0, 0.1) is 0 Å². The minimum atomic E-state index is -3.13. The Labute approximate surface area is 80.6 Å². The van der Waals surface area contributed by atoms with Gasteiger partial charge in [-0.05, 0) is 0 Å². The zero-order valence-corrected chi connectivity index (χ0v) is 3.30. The predicted octanol–water partition coefficient (Wildman–Crippen LogP) is -4.00. The van der Waals surface area contributed by atoms with Gasteiger partial charge in [-0.1, -0.05) is 0 Å². The van der Waals surface area contributed by atoms with Crippen LogP contribution in [0.1, 0.15) is 0 Å². The van der Waals surface area contributed by atoms with E-state index in [0.717, 1.165) is 0 Å². The first kappa shape index (κ1) is 23.8. The molecule has 0 aromatic rings. The van der Waals surface area contributed by atoms with Crippen LogP contribution >= 0.6 is 0 Å². The average Bonchev–Trinajstić information content (AvgIpc) is 0.811. The second-order valence-electron chi connectivity index (χ2n) is 0.283. The molecular formula is H7MgNaO4Si. The molecule has 0 aromatic carbocycles. The van der Waals surface area contributed by atoms with Crippen molar-refractivity contribution in [3.63, 3.8) is 0 Å². The van der Waals surface area contributed by atoms with Crippen molar-refractivity contribution in [1.82, 2.24) is 0 Å². The number of hydrogen-bond acceptors (Lipinski definition) is 1. The third-order valence-corrected chi connectivity index (χ3v) is 0. The van der Waals surface area contributed by atoms with E-state index in [-0.39, 0.29) is 58.1 Å². The monoisotopic (exact) mass is 146 g/mol. The van der Waals surface area contributed by atoms with Crippen LogP contribution in [-0.4, -0.2) is 76.8 Å². The van der Waals surface area contributed by atoms with Crippen LogP contribution in [0.5, 0.6) is 0 Å². The van der Waals surface area contributed by atoms with E-state index >= 15 is 0 Å². The van der Waals surface area contributed by atoms with E-state index in [0.29, 0.717) is 0 Å². The first-order valence-corrected chi connectivity index (χ1v) is 1.95. The Balaban J connectivity index is -0.0000000150. The van der Waals surface area contributed by atoms with Crippen LogP contribution in [-0.2, 0) is 4.46 Å². The Kier molecular flexibility index (Phi) is 53.4. The van der Waals surface area contributed by atoms with Gasteiger partial charge >= 0.3 is 61.8 Å². The van der Waals surface area contributed by atoms with Crippen LogP contribution in [0.25, 0.3) is 0 Å². The summed E-state index contributed by atoms with van der Waals surface area (Å²) >= 11 is 0. The first-order chi connectivity index (χ1) is 1.73. The van der Waals surface area contributed by atoms with E-state index in [1.54, 1.807) is 0 Å². The summed E-state index contributed by atoms with van der Waals surface area (Å²) in [5, 5.41) is 0. The molecule has 0 aliphatic carbocycles. The molecule has 38 valence electrons. The summed E-state index contributed by atoms with van der Waals surface area (Å²) in [6.07, 6.45) is 0. The SMILES string of the molecule is O.O=[Si](O)O.[MgH2].[NaH].